The lowest BCUT2D eigenvalue weighted by atomic mass is 9.98. The van der Waals surface area contributed by atoms with E-state index in [1.54, 1.807) is 13.8 Å². The fourth-order valence-electron chi connectivity index (χ4n) is 1.88. The number of carbonyl (C=O) groups is 2. The van der Waals surface area contributed by atoms with Crippen LogP contribution in [0.2, 0.25) is 0 Å². The standard InChI is InChI=1S/C10H17NO3S/c1-7(6-15)8(12)11-5-3-4-10(11,2)9(13)14/h7,15H,3-6H2,1-2H3,(H,13,14)/t7-,10-/m1/s1. The number of carboxylic acids is 1. The Morgan fingerprint density at radius 2 is 2.20 bits per heavy atom. The molecule has 0 radical (unpaired) electrons. The second-order valence-corrected chi connectivity index (χ2v) is 4.62. The largest absolute Gasteiger partial charge is 0.480 e. The average molecular weight is 231 g/mol. The highest BCUT2D eigenvalue weighted by Crippen LogP contribution is 2.30. The molecule has 0 saturated carbocycles. The van der Waals surface area contributed by atoms with Crippen LogP contribution in [0.25, 0.3) is 0 Å². The normalized spacial score (nSPS) is 27.8. The molecule has 0 aliphatic carbocycles. The van der Waals surface area contributed by atoms with Crippen molar-refractivity contribution in [1.82, 2.24) is 4.90 Å². The Labute approximate surface area is 95.1 Å². The summed E-state index contributed by atoms with van der Waals surface area (Å²) < 4.78 is 0. The van der Waals surface area contributed by atoms with Gasteiger partial charge in [0.15, 0.2) is 0 Å². The van der Waals surface area contributed by atoms with E-state index < -0.39 is 11.5 Å². The van der Waals surface area contributed by atoms with Crippen LogP contribution in [-0.4, -0.2) is 39.7 Å². The number of hydrogen-bond acceptors (Lipinski definition) is 3. The molecule has 86 valence electrons. The number of carboxylic acid groups (broad SMARTS) is 1. The van der Waals surface area contributed by atoms with Crippen molar-refractivity contribution in [3.05, 3.63) is 0 Å². The van der Waals surface area contributed by atoms with Gasteiger partial charge in [0.25, 0.3) is 0 Å². The van der Waals surface area contributed by atoms with E-state index >= 15 is 0 Å². The molecule has 0 aromatic carbocycles. The first-order chi connectivity index (χ1) is 6.93. The number of aliphatic carboxylic acids is 1. The summed E-state index contributed by atoms with van der Waals surface area (Å²) in [5.74, 6) is -0.789. The first-order valence-corrected chi connectivity index (χ1v) is 5.72. The molecule has 0 bridgehead atoms. The number of carbonyl (C=O) groups excluding carboxylic acids is 1. The third-order valence-corrected chi connectivity index (χ3v) is 3.61. The molecule has 1 rings (SSSR count). The lowest BCUT2D eigenvalue weighted by Crippen LogP contribution is -2.52. The summed E-state index contributed by atoms with van der Waals surface area (Å²) in [6.07, 6.45) is 1.29. The zero-order chi connectivity index (χ0) is 11.6. The molecule has 0 aromatic heterocycles. The van der Waals surface area contributed by atoms with E-state index in [0.717, 1.165) is 6.42 Å². The fourth-order valence-corrected chi connectivity index (χ4v) is 2.04. The van der Waals surface area contributed by atoms with Crippen LogP contribution in [0.15, 0.2) is 0 Å². The van der Waals surface area contributed by atoms with Crippen molar-refractivity contribution in [1.29, 1.82) is 0 Å². The first-order valence-electron chi connectivity index (χ1n) is 5.09. The molecule has 1 aliphatic heterocycles. The van der Waals surface area contributed by atoms with Crippen LogP contribution in [0.4, 0.5) is 0 Å². The third kappa shape index (κ3) is 2.12. The molecule has 2 atom stereocenters. The minimum absolute atomic E-state index is 0.104. The van der Waals surface area contributed by atoms with Gasteiger partial charge in [-0.05, 0) is 19.8 Å². The maximum atomic E-state index is 11.9. The van der Waals surface area contributed by atoms with Crippen molar-refractivity contribution in [3.8, 4) is 0 Å². The fraction of sp³-hybridized carbons (Fsp3) is 0.800. The molecule has 0 spiro atoms. The molecule has 1 N–H and O–H groups in total. The number of nitrogens with zero attached hydrogens (tertiary/aromatic N) is 1. The quantitative estimate of drug-likeness (QED) is 0.713. The zero-order valence-electron chi connectivity index (χ0n) is 9.06. The first kappa shape index (κ1) is 12.4. The highest BCUT2D eigenvalue weighted by molar-refractivity contribution is 7.80. The maximum absolute atomic E-state index is 11.9. The van der Waals surface area contributed by atoms with Crippen LogP contribution < -0.4 is 0 Å². The van der Waals surface area contributed by atoms with Gasteiger partial charge in [0.05, 0.1) is 0 Å². The van der Waals surface area contributed by atoms with E-state index in [4.69, 9.17) is 5.11 Å². The van der Waals surface area contributed by atoms with Gasteiger partial charge in [-0.1, -0.05) is 6.92 Å². The molecule has 4 nitrogen and oxygen atoms in total. The minimum Gasteiger partial charge on any atom is -0.480 e. The van der Waals surface area contributed by atoms with Crippen LogP contribution in [0.3, 0.4) is 0 Å². The predicted octanol–water partition coefficient (Wildman–Crippen LogP) is 1.02. The molecule has 1 heterocycles. The van der Waals surface area contributed by atoms with E-state index in [9.17, 15) is 9.59 Å². The molecule has 0 aromatic rings. The Hall–Kier alpha value is -0.710. The van der Waals surface area contributed by atoms with Gasteiger partial charge in [-0.15, -0.1) is 0 Å². The Bertz CT molecular complexity index is 282. The van der Waals surface area contributed by atoms with E-state index in [1.165, 1.54) is 4.90 Å². The topological polar surface area (TPSA) is 57.6 Å². The molecule has 15 heavy (non-hydrogen) atoms. The third-order valence-electron chi connectivity index (χ3n) is 3.06. The summed E-state index contributed by atoms with van der Waals surface area (Å²) in [5, 5.41) is 9.13. The molecule has 5 heteroatoms. The van der Waals surface area contributed by atoms with Crippen molar-refractivity contribution in [2.24, 2.45) is 5.92 Å². The van der Waals surface area contributed by atoms with Crippen LogP contribution in [0, 0.1) is 5.92 Å². The molecular formula is C10H17NO3S. The number of thiol groups is 1. The molecular weight excluding hydrogens is 214 g/mol. The van der Waals surface area contributed by atoms with Crippen molar-refractivity contribution < 1.29 is 14.7 Å². The van der Waals surface area contributed by atoms with Crippen LogP contribution in [0.5, 0.6) is 0 Å². The summed E-state index contributed by atoms with van der Waals surface area (Å²) in [5.41, 5.74) is -1.02. The summed E-state index contributed by atoms with van der Waals surface area (Å²) in [6, 6.07) is 0. The van der Waals surface area contributed by atoms with E-state index in [1.807, 2.05) is 0 Å². The second-order valence-electron chi connectivity index (χ2n) is 4.26. The van der Waals surface area contributed by atoms with Crippen molar-refractivity contribution in [2.45, 2.75) is 32.2 Å². The highest BCUT2D eigenvalue weighted by atomic mass is 32.1. The number of likely N-dealkylation sites (tertiary alicyclic amines) is 1. The SMILES string of the molecule is C[C@H](CS)C(=O)N1CCC[C@]1(C)C(=O)O. The van der Waals surface area contributed by atoms with Gasteiger partial charge in [0, 0.05) is 18.2 Å². The Balaban J connectivity index is 2.86. The zero-order valence-corrected chi connectivity index (χ0v) is 9.96. The van der Waals surface area contributed by atoms with Crippen molar-refractivity contribution in [2.75, 3.05) is 12.3 Å². The van der Waals surface area contributed by atoms with Gasteiger partial charge in [-0.3, -0.25) is 4.79 Å². The Morgan fingerprint density at radius 1 is 1.60 bits per heavy atom. The number of hydrogen-bond donors (Lipinski definition) is 2. The minimum atomic E-state index is -1.02. The van der Waals surface area contributed by atoms with Gasteiger partial charge in [0.1, 0.15) is 5.54 Å². The molecule has 1 saturated heterocycles. The van der Waals surface area contributed by atoms with Gasteiger partial charge in [-0.2, -0.15) is 12.6 Å². The van der Waals surface area contributed by atoms with E-state index in [0.29, 0.717) is 18.7 Å². The number of rotatable bonds is 3. The van der Waals surface area contributed by atoms with Gasteiger partial charge >= 0.3 is 5.97 Å². The summed E-state index contributed by atoms with van der Waals surface area (Å²) in [7, 11) is 0. The molecule has 1 amide bonds. The molecule has 0 unspecified atom stereocenters. The summed E-state index contributed by atoms with van der Waals surface area (Å²) in [4.78, 5) is 24.5. The Kier molecular flexibility index (Phi) is 3.65. The van der Waals surface area contributed by atoms with E-state index in [2.05, 4.69) is 12.6 Å². The predicted molar refractivity (Wildman–Crippen MR) is 60.0 cm³/mol. The molecule has 1 fully saturated rings. The van der Waals surface area contributed by atoms with Gasteiger partial charge in [-0.25, -0.2) is 4.79 Å². The lowest BCUT2D eigenvalue weighted by Gasteiger charge is -2.32. The average Bonchev–Trinajstić information content (AvgIpc) is 2.59. The summed E-state index contributed by atoms with van der Waals surface area (Å²) >= 11 is 4.06. The highest BCUT2D eigenvalue weighted by Gasteiger charge is 2.46. The van der Waals surface area contributed by atoms with E-state index in [-0.39, 0.29) is 11.8 Å². The maximum Gasteiger partial charge on any atom is 0.329 e. The second kappa shape index (κ2) is 4.43. The van der Waals surface area contributed by atoms with Crippen molar-refractivity contribution in [3.63, 3.8) is 0 Å². The smallest absolute Gasteiger partial charge is 0.329 e. The van der Waals surface area contributed by atoms with Crippen LogP contribution in [0.1, 0.15) is 26.7 Å². The van der Waals surface area contributed by atoms with Gasteiger partial charge < -0.3 is 10.0 Å². The van der Waals surface area contributed by atoms with Crippen molar-refractivity contribution >= 4 is 24.5 Å². The van der Waals surface area contributed by atoms with Crippen LogP contribution in [-0.2, 0) is 9.59 Å². The van der Waals surface area contributed by atoms with Crippen LogP contribution >= 0.6 is 12.6 Å². The number of amides is 1. The monoisotopic (exact) mass is 231 g/mol. The van der Waals surface area contributed by atoms with Gasteiger partial charge in [0.2, 0.25) is 5.91 Å². The molecule has 1 aliphatic rings. The lowest BCUT2D eigenvalue weighted by molar-refractivity contribution is -0.156. The Morgan fingerprint density at radius 3 is 2.67 bits per heavy atom. The summed E-state index contributed by atoms with van der Waals surface area (Å²) in [6.45, 7) is 3.93.